The van der Waals surface area contributed by atoms with E-state index in [2.05, 4.69) is 15.8 Å². The van der Waals surface area contributed by atoms with Crippen LogP contribution < -0.4 is 10.7 Å². The molecule has 2 aromatic carbocycles. The summed E-state index contributed by atoms with van der Waals surface area (Å²) in [6, 6.07) is 23.1. The molecule has 0 aliphatic carbocycles. The molecule has 0 fully saturated rings. The van der Waals surface area contributed by atoms with Crippen molar-refractivity contribution in [3.63, 3.8) is 0 Å². The van der Waals surface area contributed by atoms with Crippen molar-refractivity contribution in [2.75, 3.05) is 6.54 Å². The lowest BCUT2D eigenvalue weighted by Crippen LogP contribution is -2.26. The van der Waals surface area contributed by atoms with Gasteiger partial charge in [0.25, 0.3) is 5.91 Å². The first-order chi connectivity index (χ1) is 13.7. The van der Waals surface area contributed by atoms with Crippen LogP contribution in [0.15, 0.2) is 83.3 Å². The number of hydrogen-bond acceptors (Lipinski definition) is 4. The average Bonchev–Trinajstić information content (AvgIpc) is 3.28. The third-order valence-electron chi connectivity index (χ3n) is 4.00. The number of carbonyl (C=O) groups is 2. The van der Waals surface area contributed by atoms with Crippen LogP contribution in [0.1, 0.15) is 33.6 Å². The minimum atomic E-state index is -0.185. The highest BCUT2D eigenvalue weighted by molar-refractivity contribution is 7.12. The number of benzene rings is 2. The zero-order valence-electron chi connectivity index (χ0n) is 15.3. The molecule has 3 rings (SSSR count). The molecule has 0 atom stereocenters. The highest BCUT2D eigenvalue weighted by Gasteiger charge is 2.09. The number of nitrogens with one attached hydrogen (secondary N) is 2. The van der Waals surface area contributed by atoms with Crippen LogP contribution in [0.2, 0.25) is 0 Å². The highest BCUT2D eigenvalue weighted by Crippen LogP contribution is 2.10. The summed E-state index contributed by atoms with van der Waals surface area (Å²) in [5.74, 6) is -0.293. The van der Waals surface area contributed by atoms with Crippen molar-refractivity contribution in [3.05, 3.63) is 94.2 Å². The molecule has 0 saturated carbocycles. The zero-order valence-corrected chi connectivity index (χ0v) is 16.1. The molecule has 1 heterocycles. The zero-order chi connectivity index (χ0) is 19.6. The van der Waals surface area contributed by atoms with E-state index in [9.17, 15) is 9.59 Å². The maximum Gasteiger partial charge on any atom is 0.261 e. The van der Waals surface area contributed by atoms with Crippen molar-refractivity contribution in [2.45, 2.75) is 12.8 Å². The number of amides is 2. The molecular formula is C22H21N3O2S. The Morgan fingerprint density at radius 2 is 1.50 bits per heavy atom. The molecule has 0 spiro atoms. The van der Waals surface area contributed by atoms with E-state index in [1.165, 1.54) is 11.3 Å². The van der Waals surface area contributed by atoms with Gasteiger partial charge in [0, 0.05) is 24.1 Å². The third kappa shape index (κ3) is 5.62. The third-order valence-corrected chi connectivity index (χ3v) is 4.87. The summed E-state index contributed by atoms with van der Waals surface area (Å²) in [5.41, 5.74) is 5.20. The molecule has 0 radical (unpaired) electrons. The Bertz CT molecular complexity index is 881. The van der Waals surface area contributed by atoms with Crippen LogP contribution in [0.5, 0.6) is 0 Å². The van der Waals surface area contributed by atoms with Crippen LogP contribution in [0, 0.1) is 0 Å². The Morgan fingerprint density at radius 3 is 2.07 bits per heavy atom. The fourth-order valence-corrected chi connectivity index (χ4v) is 3.25. The average molecular weight is 391 g/mol. The fraction of sp³-hybridized carbons (Fsp3) is 0.136. The topological polar surface area (TPSA) is 70.6 Å². The van der Waals surface area contributed by atoms with E-state index in [-0.39, 0.29) is 18.2 Å². The van der Waals surface area contributed by atoms with Crippen molar-refractivity contribution >= 4 is 28.9 Å². The Morgan fingerprint density at radius 1 is 0.857 bits per heavy atom. The highest BCUT2D eigenvalue weighted by atomic mass is 32.1. The maximum absolute atomic E-state index is 12.2. The molecule has 6 heteroatoms. The Labute approximate surface area is 168 Å². The van der Waals surface area contributed by atoms with Crippen molar-refractivity contribution in [3.8, 4) is 0 Å². The predicted octanol–water partition coefficient (Wildman–Crippen LogP) is 3.83. The summed E-state index contributed by atoms with van der Waals surface area (Å²) in [4.78, 5) is 24.7. The van der Waals surface area contributed by atoms with Gasteiger partial charge in [-0.1, -0.05) is 66.7 Å². The smallest absolute Gasteiger partial charge is 0.261 e. The number of rotatable bonds is 8. The van der Waals surface area contributed by atoms with Gasteiger partial charge in [0.1, 0.15) is 0 Å². The van der Waals surface area contributed by atoms with Crippen LogP contribution >= 0.6 is 11.3 Å². The molecule has 0 unspecified atom stereocenters. The molecule has 142 valence electrons. The van der Waals surface area contributed by atoms with E-state index in [1.54, 1.807) is 6.07 Å². The second-order valence-electron chi connectivity index (χ2n) is 6.06. The monoisotopic (exact) mass is 391 g/mol. The van der Waals surface area contributed by atoms with Gasteiger partial charge in [0.05, 0.1) is 10.6 Å². The molecule has 0 bridgehead atoms. The summed E-state index contributed by atoms with van der Waals surface area (Å²) in [6.07, 6.45) is 0.829. The van der Waals surface area contributed by atoms with Gasteiger partial charge < -0.3 is 5.32 Å². The van der Waals surface area contributed by atoms with E-state index >= 15 is 0 Å². The molecule has 2 N–H and O–H groups in total. The molecule has 5 nitrogen and oxygen atoms in total. The fourth-order valence-electron chi connectivity index (χ4n) is 2.61. The second kappa shape index (κ2) is 10.2. The van der Waals surface area contributed by atoms with Crippen LogP contribution in [-0.2, 0) is 4.79 Å². The van der Waals surface area contributed by atoms with Crippen LogP contribution in [-0.4, -0.2) is 24.1 Å². The van der Waals surface area contributed by atoms with Gasteiger partial charge in [-0.15, -0.1) is 11.3 Å². The summed E-state index contributed by atoms with van der Waals surface area (Å²) >= 11 is 1.39. The van der Waals surface area contributed by atoms with Crippen molar-refractivity contribution in [2.24, 2.45) is 5.10 Å². The molecule has 0 aliphatic heterocycles. The summed E-state index contributed by atoms with van der Waals surface area (Å²) < 4.78 is 0. The first-order valence-electron chi connectivity index (χ1n) is 9.03. The number of nitrogens with zero attached hydrogens (tertiary/aromatic N) is 1. The van der Waals surface area contributed by atoms with Crippen LogP contribution in [0.25, 0.3) is 0 Å². The standard InChI is InChI=1S/C22H21N3O2S/c26-20(14-7-15-23-22(27)19-13-8-16-28-19)24-25-21(17-9-3-1-4-10-17)18-11-5-2-6-12-18/h1-6,8-13,16H,7,14-15H2,(H,23,27)(H,24,26). The summed E-state index contributed by atoms with van der Waals surface area (Å²) in [7, 11) is 0. The molecule has 0 saturated heterocycles. The quantitative estimate of drug-likeness (QED) is 0.348. The Hall–Kier alpha value is -3.25. The molecule has 3 aromatic rings. The van der Waals surface area contributed by atoms with Crippen LogP contribution in [0.4, 0.5) is 0 Å². The lowest BCUT2D eigenvalue weighted by Gasteiger charge is -2.08. The van der Waals surface area contributed by atoms with Crippen molar-refractivity contribution in [1.82, 2.24) is 10.7 Å². The number of thiophene rings is 1. The van der Waals surface area contributed by atoms with E-state index in [1.807, 2.05) is 72.1 Å². The molecule has 2 amide bonds. The minimum absolute atomic E-state index is 0.108. The molecule has 28 heavy (non-hydrogen) atoms. The van der Waals surface area contributed by atoms with E-state index in [0.717, 1.165) is 11.1 Å². The van der Waals surface area contributed by atoms with E-state index < -0.39 is 0 Å². The largest absolute Gasteiger partial charge is 0.351 e. The first-order valence-corrected chi connectivity index (χ1v) is 9.91. The Kier molecular flexibility index (Phi) is 7.09. The summed E-state index contributed by atoms with van der Waals surface area (Å²) in [6.45, 7) is 0.443. The van der Waals surface area contributed by atoms with Gasteiger partial charge >= 0.3 is 0 Å². The van der Waals surface area contributed by atoms with Gasteiger partial charge in [-0.2, -0.15) is 5.10 Å². The van der Waals surface area contributed by atoms with E-state index in [4.69, 9.17) is 0 Å². The molecule has 1 aromatic heterocycles. The van der Waals surface area contributed by atoms with Gasteiger partial charge in [-0.3, -0.25) is 9.59 Å². The van der Waals surface area contributed by atoms with Gasteiger partial charge in [-0.25, -0.2) is 5.43 Å². The lowest BCUT2D eigenvalue weighted by atomic mass is 10.0. The lowest BCUT2D eigenvalue weighted by molar-refractivity contribution is -0.121. The first kappa shape index (κ1) is 19.5. The minimum Gasteiger partial charge on any atom is -0.351 e. The van der Waals surface area contributed by atoms with Gasteiger partial charge in [-0.05, 0) is 17.9 Å². The molecular weight excluding hydrogens is 370 g/mol. The summed E-state index contributed by atoms with van der Waals surface area (Å²) in [5, 5.41) is 9.02. The van der Waals surface area contributed by atoms with Crippen LogP contribution in [0.3, 0.4) is 0 Å². The maximum atomic E-state index is 12.2. The van der Waals surface area contributed by atoms with Crippen molar-refractivity contribution in [1.29, 1.82) is 0 Å². The van der Waals surface area contributed by atoms with E-state index in [0.29, 0.717) is 23.6 Å². The SMILES string of the molecule is O=C(CCCNC(=O)c1cccs1)NN=C(c1ccccc1)c1ccccc1. The number of hydrazone groups is 1. The Balaban J connectivity index is 1.54. The molecule has 0 aliphatic rings. The van der Waals surface area contributed by atoms with Gasteiger partial charge in [0.2, 0.25) is 5.91 Å². The normalized spacial score (nSPS) is 10.1. The second-order valence-corrected chi connectivity index (χ2v) is 7.01. The van der Waals surface area contributed by atoms with Gasteiger partial charge in [0.15, 0.2) is 0 Å². The van der Waals surface area contributed by atoms with Crippen molar-refractivity contribution < 1.29 is 9.59 Å². The number of carbonyl (C=O) groups excluding carboxylic acids is 2. The number of hydrogen-bond donors (Lipinski definition) is 2. The predicted molar refractivity (Wildman–Crippen MR) is 113 cm³/mol.